The van der Waals surface area contributed by atoms with E-state index in [1.54, 1.807) is 11.0 Å². The molecule has 7 nitrogen and oxygen atoms in total. The Kier molecular flexibility index (Phi) is 7.13. The first-order valence-electron chi connectivity index (χ1n) is 11.2. The number of piperidine rings is 1. The summed E-state index contributed by atoms with van der Waals surface area (Å²) in [5, 5.41) is 0. The zero-order chi connectivity index (χ0) is 22.6. The van der Waals surface area contributed by atoms with E-state index < -0.39 is 10.0 Å². The summed E-state index contributed by atoms with van der Waals surface area (Å²) in [7, 11) is -2.12. The molecule has 4 rings (SSSR count). The van der Waals surface area contributed by atoms with Crippen molar-refractivity contribution in [1.82, 2.24) is 14.1 Å². The van der Waals surface area contributed by atoms with Crippen LogP contribution in [0.3, 0.4) is 0 Å². The van der Waals surface area contributed by atoms with E-state index in [0.29, 0.717) is 37.5 Å². The average Bonchev–Trinajstić information content (AvgIpc) is 2.85. The summed E-state index contributed by atoms with van der Waals surface area (Å²) < 4.78 is 33.1. The van der Waals surface area contributed by atoms with Crippen molar-refractivity contribution in [2.75, 3.05) is 46.4 Å². The Morgan fingerprint density at radius 1 is 0.906 bits per heavy atom. The Labute approximate surface area is 190 Å². The fourth-order valence-corrected chi connectivity index (χ4v) is 5.93. The molecule has 0 saturated carbocycles. The fourth-order valence-electron chi connectivity index (χ4n) is 4.39. The highest BCUT2D eigenvalue weighted by molar-refractivity contribution is 7.89. The molecule has 8 heteroatoms. The summed E-state index contributed by atoms with van der Waals surface area (Å²) in [5.41, 5.74) is 1.56. The molecule has 2 saturated heterocycles. The van der Waals surface area contributed by atoms with E-state index in [4.69, 9.17) is 4.74 Å². The molecular formula is C24H31N3O4S. The van der Waals surface area contributed by atoms with Crippen molar-refractivity contribution in [2.24, 2.45) is 0 Å². The molecule has 0 atom stereocenters. The molecule has 0 aromatic heterocycles. The molecule has 0 spiro atoms. The summed E-state index contributed by atoms with van der Waals surface area (Å²) in [6.07, 6.45) is 2.79. The Morgan fingerprint density at radius 3 is 2.25 bits per heavy atom. The molecule has 2 heterocycles. The number of piperazine rings is 1. The monoisotopic (exact) mass is 457 g/mol. The molecule has 0 unspecified atom stereocenters. The molecule has 2 aromatic carbocycles. The number of amides is 1. The van der Waals surface area contributed by atoms with Gasteiger partial charge in [0.15, 0.2) is 0 Å². The van der Waals surface area contributed by atoms with Gasteiger partial charge in [-0.15, -0.1) is 0 Å². The maximum absolute atomic E-state index is 13.3. The summed E-state index contributed by atoms with van der Waals surface area (Å²) in [4.78, 5) is 17.6. The van der Waals surface area contributed by atoms with Crippen LogP contribution in [0.2, 0.25) is 0 Å². The molecule has 0 aliphatic carbocycles. The number of rotatable bonds is 6. The van der Waals surface area contributed by atoms with E-state index in [0.717, 1.165) is 38.9 Å². The van der Waals surface area contributed by atoms with Crippen LogP contribution in [0.4, 0.5) is 0 Å². The number of carbonyl (C=O) groups excluding carboxylic acids is 1. The Morgan fingerprint density at radius 2 is 1.59 bits per heavy atom. The second-order valence-corrected chi connectivity index (χ2v) is 10.3. The first kappa shape index (κ1) is 22.8. The number of hydrogen-bond acceptors (Lipinski definition) is 5. The van der Waals surface area contributed by atoms with Crippen LogP contribution in [0.1, 0.15) is 35.2 Å². The average molecular weight is 458 g/mol. The van der Waals surface area contributed by atoms with Crippen molar-refractivity contribution in [3.05, 3.63) is 59.7 Å². The van der Waals surface area contributed by atoms with Crippen molar-refractivity contribution >= 4 is 15.9 Å². The minimum absolute atomic E-state index is 0.159. The lowest BCUT2D eigenvalue weighted by Crippen LogP contribution is -2.48. The van der Waals surface area contributed by atoms with E-state index in [1.165, 1.54) is 29.1 Å². The van der Waals surface area contributed by atoms with Gasteiger partial charge in [-0.1, -0.05) is 36.8 Å². The SMILES string of the molecule is COc1ccc(S(=O)(=O)N2CCCCC2)cc1C(=O)N1CCN(Cc2ccccc2)CC1. The largest absolute Gasteiger partial charge is 0.496 e. The smallest absolute Gasteiger partial charge is 0.257 e. The molecule has 0 bridgehead atoms. The predicted octanol–water partition coefficient (Wildman–Crippen LogP) is 2.83. The summed E-state index contributed by atoms with van der Waals surface area (Å²) in [5.74, 6) is 0.219. The Hall–Kier alpha value is -2.42. The topological polar surface area (TPSA) is 70.2 Å². The van der Waals surface area contributed by atoms with Crippen LogP contribution < -0.4 is 4.74 Å². The summed E-state index contributed by atoms with van der Waals surface area (Å²) in [6.45, 7) is 4.65. The highest BCUT2D eigenvalue weighted by Gasteiger charge is 2.29. The van der Waals surface area contributed by atoms with Gasteiger partial charge >= 0.3 is 0 Å². The van der Waals surface area contributed by atoms with Gasteiger partial charge in [0.25, 0.3) is 5.91 Å². The molecular weight excluding hydrogens is 426 g/mol. The number of carbonyl (C=O) groups is 1. The third-order valence-electron chi connectivity index (χ3n) is 6.26. The summed E-state index contributed by atoms with van der Waals surface area (Å²) in [6, 6.07) is 14.9. The number of sulfonamides is 1. The van der Waals surface area contributed by atoms with Gasteiger partial charge in [-0.05, 0) is 36.6 Å². The molecule has 2 aliphatic heterocycles. The van der Waals surface area contributed by atoms with Gasteiger partial charge in [0.1, 0.15) is 5.75 Å². The van der Waals surface area contributed by atoms with Gasteiger partial charge in [0.05, 0.1) is 17.6 Å². The van der Waals surface area contributed by atoms with Gasteiger partial charge in [0.2, 0.25) is 10.0 Å². The zero-order valence-corrected chi connectivity index (χ0v) is 19.4. The number of nitrogens with zero attached hydrogens (tertiary/aromatic N) is 3. The van der Waals surface area contributed by atoms with E-state index in [9.17, 15) is 13.2 Å². The van der Waals surface area contributed by atoms with Crippen LogP contribution in [-0.2, 0) is 16.6 Å². The molecule has 1 amide bonds. The molecule has 0 radical (unpaired) electrons. The van der Waals surface area contributed by atoms with Gasteiger partial charge in [-0.25, -0.2) is 8.42 Å². The van der Waals surface area contributed by atoms with Crippen molar-refractivity contribution in [3.63, 3.8) is 0 Å². The maximum Gasteiger partial charge on any atom is 0.257 e. The first-order valence-corrected chi connectivity index (χ1v) is 12.7. The quantitative estimate of drug-likeness (QED) is 0.667. The van der Waals surface area contributed by atoms with Gasteiger partial charge < -0.3 is 9.64 Å². The number of benzene rings is 2. The van der Waals surface area contributed by atoms with Gasteiger partial charge in [-0.2, -0.15) is 4.31 Å². The number of methoxy groups -OCH3 is 1. The predicted molar refractivity (Wildman–Crippen MR) is 123 cm³/mol. The maximum atomic E-state index is 13.3. The van der Waals surface area contributed by atoms with Gasteiger partial charge in [0, 0.05) is 45.8 Å². The van der Waals surface area contributed by atoms with Crippen LogP contribution in [0.25, 0.3) is 0 Å². The Balaban J connectivity index is 1.47. The molecule has 32 heavy (non-hydrogen) atoms. The third-order valence-corrected chi connectivity index (χ3v) is 8.16. The minimum atomic E-state index is -3.62. The van der Waals surface area contributed by atoms with Gasteiger partial charge in [-0.3, -0.25) is 9.69 Å². The lowest BCUT2D eigenvalue weighted by Gasteiger charge is -2.35. The normalized spacial score (nSPS) is 18.5. The number of ether oxygens (including phenoxy) is 1. The van der Waals surface area contributed by atoms with Crippen LogP contribution >= 0.6 is 0 Å². The zero-order valence-electron chi connectivity index (χ0n) is 18.6. The fraction of sp³-hybridized carbons (Fsp3) is 0.458. The molecule has 2 aromatic rings. The Bertz CT molecular complexity index is 1030. The van der Waals surface area contributed by atoms with Crippen molar-refractivity contribution in [1.29, 1.82) is 0 Å². The summed E-state index contributed by atoms with van der Waals surface area (Å²) >= 11 is 0. The van der Waals surface area contributed by atoms with Crippen LogP contribution in [0.5, 0.6) is 5.75 Å². The highest BCUT2D eigenvalue weighted by Crippen LogP contribution is 2.27. The van der Waals surface area contributed by atoms with Crippen LogP contribution in [0.15, 0.2) is 53.4 Å². The minimum Gasteiger partial charge on any atom is -0.496 e. The molecule has 172 valence electrons. The number of hydrogen-bond donors (Lipinski definition) is 0. The second-order valence-electron chi connectivity index (χ2n) is 8.38. The lowest BCUT2D eigenvalue weighted by molar-refractivity contribution is 0.0625. The first-order chi connectivity index (χ1) is 15.5. The van der Waals surface area contributed by atoms with Crippen molar-refractivity contribution in [3.8, 4) is 5.75 Å². The lowest BCUT2D eigenvalue weighted by atomic mass is 10.1. The molecule has 2 aliphatic rings. The standard InChI is InChI=1S/C24H31N3O4S/c1-31-23-11-10-21(32(29,30)27-12-6-3-7-13-27)18-22(23)24(28)26-16-14-25(15-17-26)19-20-8-4-2-5-9-20/h2,4-5,8-11,18H,3,6-7,12-17,19H2,1H3. The highest BCUT2D eigenvalue weighted by atomic mass is 32.2. The van der Waals surface area contributed by atoms with Crippen LogP contribution in [0, 0.1) is 0 Å². The van der Waals surface area contributed by atoms with Crippen LogP contribution in [-0.4, -0.2) is 74.8 Å². The van der Waals surface area contributed by atoms with Crippen molar-refractivity contribution in [2.45, 2.75) is 30.7 Å². The van der Waals surface area contributed by atoms with E-state index >= 15 is 0 Å². The van der Waals surface area contributed by atoms with Crippen molar-refractivity contribution < 1.29 is 17.9 Å². The third kappa shape index (κ3) is 4.98. The molecule has 0 N–H and O–H groups in total. The van der Waals surface area contributed by atoms with E-state index in [2.05, 4.69) is 17.0 Å². The second kappa shape index (κ2) is 10.0. The molecule has 2 fully saturated rings. The van der Waals surface area contributed by atoms with E-state index in [-0.39, 0.29) is 10.8 Å². The van der Waals surface area contributed by atoms with E-state index in [1.807, 2.05) is 18.2 Å².